The van der Waals surface area contributed by atoms with Crippen molar-refractivity contribution in [2.75, 3.05) is 32.6 Å². The van der Waals surface area contributed by atoms with Crippen LogP contribution in [-0.4, -0.2) is 43.8 Å². The van der Waals surface area contributed by atoms with Gasteiger partial charge in [-0.2, -0.15) is 0 Å². The third kappa shape index (κ3) is 3.75. The monoisotopic (exact) mass is 401 g/mol. The zero-order valence-electron chi connectivity index (χ0n) is 16.0. The Hall–Kier alpha value is -2.44. The predicted octanol–water partition coefficient (Wildman–Crippen LogP) is 3.50. The van der Waals surface area contributed by atoms with Crippen LogP contribution in [-0.2, 0) is 6.54 Å². The summed E-state index contributed by atoms with van der Waals surface area (Å²) in [5.41, 5.74) is 2.19. The number of ether oxygens (including phenoxy) is 2. The summed E-state index contributed by atoms with van der Waals surface area (Å²) in [6.07, 6.45) is 1.64. The molecule has 4 rings (SSSR count). The molecule has 2 aliphatic heterocycles. The summed E-state index contributed by atoms with van der Waals surface area (Å²) in [4.78, 5) is 15.0. The fourth-order valence-electron chi connectivity index (χ4n) is 3.95. The van der Waals surface area contributed by atoms with Gasteiger partial charge in [0.25, 0.3) is 5.91 Å². The maximum absolute atomic E-state index is 12.6. The maximum atomic E-state index is 12.6. The lowest BCUT2D eigenvalue weighted by Crippen LogP contribution is -2.62. The van der Waals surface area contributed by atoms with Crippen molar-refractivity contribution >= 4 is 23.2 Å². The Kier molecular flexibility index (Phi) is 5.08. The lowest BCUT2D eigenvalue weighted by molar-refractivity contribution is 0.0822. The van der Waals surface area contributed by atoms with E-state index in [2.05, 4.69) is 15.5 Å². The largest absolute Gasteiger partial charge is 0.497 e. The molecule has 1 amide bonds. The quantitative estimate of drug-likeness (QED) is 0.820. The van der Waals surface area contributed by atoms with Gasteiger partial charge in [-0.1, -0.05) is 11.6 Å². The Morgan fingerprint density at radius 2 is 1.71 bits per heavy atom. The number of fused-ring (bicyclic) bond motifs is 1. The summed E-state index contributed by atoms with van der Waals surface area (Å²) in [5, 5.41) is 7.26. The molecule has 2 aromatic carbocycles. The van der Waals surface area contributed by atoms with Gasteiger partial charge in [0.1, 0.15) is 17.2 Å². The smallest absolute Gasteiger partial charge is 0.255 e. The van der Waals surface area contributed by atoms with Gasteiger partial charge in [-0.3, -0.25) is 9.69 Å². The van der Waals surface area contributed by atoms with Crippen LogP contribution in [0.5, 0.6) is 11.5 Å². The van der Waals surface area contributed by atoms with Crippen LogP contribution in [0.3, 0.4) is 0 Å². The molecule has 6 nitrogen and oxygen atoms in total. The zero-order valence-corrected chi connectivity index (χ0v) is 16.8. The molecule has 1 saturated heterocycles. The number of methoxy groups -OCH3 is 2. The van der Waals surface area contributed by atoms with Crippen LogP contribution in [0.4, 0.5) is 5.69 Å². The number of anilines is 1. The third-order valence-electron chi connectivity index (χ3n) is 5.48. The molecule has 0 aromatic heterocycles. The topological polar surface area (TPSA) is 62.8 Å². The molecule has 0 atom stereocenters. The summed E-state index contributed by atoms with van der Waals surface area (Å²) in [6.45, 7) is 2.55. The van der Waals surface area contributed by atoms with E-state index in [0.29, 0.717) is 10.6 Å². The van der Waals surface area contributed by atoms with Gasteiger partial charge in [0.2, 0.25) is 0 Å². The van der Waals surface area contributed by atoms with Crippen LogP contribution in [0, 0.1) is 0 Å². The van der Waals surface area contributed by atoms with E-state index < -0.39 is 5.66 Å². The summed E-state index contributed by atoms with van der Waals surface area (Å²) in [6, 6.07) is 11.3. The van der Waals surface area contributed by atoms with E-state index in [-0.39, 0.29) is 5.91 Å². The average Bonchev–Trinajstić information content (AvgIpc) is 2.70. The van der Waals surface area contributed by atoms with Gasteiger partial charge in [0.15, 0.2) is 0 Å². The van der Waals surface area contributed by atoms with Gasteiger partial charge < -0.3 is 20.1 Å². The highest BCUT2D eigenvalue weighted by molar-refractivity contribution is 6.31. The lowest BCUT2D eigenvalue weighted by atomic mass is 9.92. The maximum Gasteiger partial charge on any atom is 0.255 e. The molecular weight excluding hydrogens is 378 g/mol. The van der Waals surface area contributed by atoms with Crippen molar-refractivity contribution in [1.82, 2.24) is 10.2 Å². The molecule has 2 N–H and O–H groups in total. The number of benzene rings is 2. The van der Waals surface area contributed by atoms with Crippen molar-refractivity contribution in [1.29, 1.82) is 0 Å². The predicted molar refractivity (Wildman–Crippen MR) is 109 cm³/mol. The molecule has 0 bridgehead atoms. The average molecular weight is 402 g/mol. The van der Waals surface area contributed by atoms with E-state index in [1.165, 1.54) is 0 Å². The minimum absolute atomic E-state index is 0.0674. The van der Waals surface area contributed by atoms with E-state index >= 15 is 0 Å². The number of nitrogens with one attached hydrogen (secondary N) is 2. The fourth-order valence-corrected chi connectivity index (χ4v) is 4.12. The van der Waals surface area contributed by atoms with Crippen molar-refractivity contribution in [2.24, 2.45) is 0 Å². The van der Waals surface area contributed by atoms with Gasteiger partial charge >= 0.3 is 0 Å². The summed E-state index contributed by atoms with van der Waals surface area (Å²) in [5.74, 6) is 1.51. The number of rotatable bonds is 4. The number of likely N-dealkylation sites (tertiary alicyclic amines) is 1. The van der Waals surface area contributed by atoms with Gasteiger partial charge in [0, 0.05) is 49.3 Å². The molecule has 7 heteroatoms. The zero-order chi connectivity index (χ0) is 19.7. The van der Waals surface area contributed by atoms with Gasteiger partial charge in [-0.25, -0.2) is 0 Å². The van der Waals surface area contributed by atoms with Crippen LogP contribution in [0.15, 0.2) is 36.4 Å². The molecule has 2 aromatic rings. The summed E-state index contributed by atoms with van der Waals surface area (Å²) < 4.78 is 10.7. The first-order chi connectivity index (χ1) is 13.5. The van der Waals surface area contributed by atoms with E-state index in [9.17, 15) is 4.79 Å². The Bertz CT molecular complexity index is 872. The Balaban J connectivity index is 1.44. The molecule has 148 valence electrons. The molecular formula is C21H24ClN3O3. The molecule has 0 aliphatic carbocycles. The second kappa shape index (κ2) is 7.53. The highest BCUT2D eigenvalue weighted by Gasteiger charge is 2.40. The number of halogens is 1. The van der Waals surface area contributed by atoms with Crippen LogP contribution < -0.4 is 20.1 Å². The van der Waals surface area contributed by atoms with Gasteiger partial charge in [0.05, 0.1) is 19.8 Å². The van der Waals surface area contributed by atoms with E-state index in [0.717, 1.165) is 55.2 Å². The highest BCUT2D eigenvalue weighted by Crippen LogP contribution is 2.33. The Morgan fingerprint density at radius 3 is 2.36 bits per heavy atom. The first kappa shape index (κ1) is 18.9. The molecule has 0 saturated carbocycles. The molecule has 2 aliphatic rings. The number of nitrogens with zero attached hydrogens (tertiary/aromatic N) is 1. The van der Waals surface area contributed by atoms with Crippen molar-refractivity contribution in [3.63, 3.8) is 0 Å². The molecule has 2 heterocycles. The summed E-state index contributed by atoms with van der Waals surface area (Å²) >= 11 is 6.03. The number of carbonyl (C=O) groups excluding carboxylic acids is 1. The molecule has 1 fully saturated rings. The number of piperidine rings is 1. The van der Waals surface area contributed by atoms with E-state index in [1.54, 1.807) is 20.3 Å². The fraction of sp³-hybridized carbons (Fsp3) is 0.381. The minimum Gasteiger partial charge on any atom is -0.497 e. The Labute approximate surface area is 169 Å². The van der Waals surface area contributed by atoms with E-state index in [4.69, 9.17) is 21.1 Å². The first-order valence-corrected chi connectivity index (χ1v) is 9.73. The van der Waals surface area contributed by atoms with Crippen molar-refractivity contribution in [2.45, 2.75) is 25.0 Å². The first-order valence-electron chi connectivity index (χ1n) is 9.35. The van der Waals surface area contributed by atoms with Gasteiger partial charge in [-0.15, -0.1) is 0 Å². The van der Waals surface area contributed by atoms with E-state index in [1.807, 2.05) is 30.3 Å². The van der Waals surface area contributed by atoms with Crippen molar-refractivity contribution < 1.29 is 14.3 Å². The summed E-state index contributed by atoms with van der Waals surface area (Å²) in [7, 11) is 3.32. The molecule has 28 heavy (non-hydrogen) atoms. The van der Waals surface area contributed by atoms with Crippen molar-refractivity contribution in [3.05, 3.63) is 52.5 Å². The standard InChI is InChI=1S/C21H24ClN3O3/c1-27-16-9-14(10-17(12-16)28-2)13-25-7-5-21(6-8-25)23-19-4-3-15(22)11-18(19)20(26)24-21/h3-4,9-12,23H,5-8,13H2,1-2H3,(H,24,26). The SMILES string of the molecule is COc1cc(CN2CCC3(CC2)NC(=O)c2cc(Cl)ccc2N3)cc(OC)c1. The van der Waals surface area contributed by atoms with Crippen LogP contribution in [0.25, 0.3) is 0 Å². The highest BCUT2D eigenvalue weighted by atomic mass is 35.5. The molecule has 1 spiro atoms. The third-order valence-corrected chi connectivity index (χ3v) is 5.72. The Morgan fingerprint density at radius 1 is 1.04 bits per heavy atom. The second-order valence-electron chi connectivity index (χ2n) is 7.35. The van der Waals surface area contributed by atoms with Crippen molar-refractivity contribution in [3.8, 4) is 11.5 Å². The lowest BCUT2D eigenvalue weighted by Gasteiger charge is -2.46. The normalized spacial score (nSPS) is 18.2. The van der Waals surface area contributed by atoms with Crippen LogP contribution >= 0.6 is 11.6 Å². The van der Waals surface area contributed by atoms with Crippen LogP contribution in [0.2, 0.25) is 5.02 Å². The van der Waals surface area contributed by atoms with Gasteiger partial charge in [-0.05, 0) is 35.9 Å². The number of carbonyl (C=O) groups is 1. The number of hydrogen-bond donors (Lipinski definition) is 2. The number of amides is 1. The molecule has 0 radical (unpaired) electrons. The second-order valence-corrected chi connectivity index (χ2v) is 7.78. The number of hydrogen-bond acceptors (Lipinski definition) is 5. The van der Waals surface area contributed by atoms with Crippen LogP contribution in [0.1, 0.15) is 28.8 Å². The minimum atomic E-state index is -0.402. The molecule has 0 unspecified atom stereocenters.